The molecule has 1 saturated heterocycles. The molecule has 2 aromatic rings. The van der Waals surface area contributed by atoms with Crippen LogP contribution in [0.4, 0.5) is 10.1 Å². The van der Waals surface area contributed by atoms with E-state index < -0.39 is 5.67 Å². The normalized spacial score (nSPS) is 19.5. The van der Waals surface area contributed by atoms with E-state index in [0.717, 1.165) is 5.69 Å². The van der Waals surface area contributed by atoms with E-state index in [1.54, 1.807) is 43.6 Å². The molecule has 1 atom stereocenters. The number of halogens is 1. The smallest absolute Gasteiger partial charge is 0.251 e. The monoisotopic (exact) mass is 323 g/mol. The molecule has 1 aliphatic heterocycles. The number of hydrogen-bond donors (Lipinski definition) is 1. The number of rotatable bonds is 2. The number of anilines is 1. The molecule has 0 aliphatic carbocycles. The Hall–Kier alpha value is -2.87. The van der Waals surface area contributed by atoms with Gasteiger partial charge in [0.05, 0.1) is 6.54 Å². The van der Waals surface area contributed by atoms with Crippen LogP contribution in [0, 0.1) is 11.8 Å². The molecule has 1 aliphatic rings. The largest absolute Gasteiger partial charge is 0.367 e. The van der Waals surface area contributed by atoms with E-state index in [-0.39, 0.29) is 12.5 Å². The number of nitrogens with one attached hydrogen (secondary N) is 1. The van der Waals surface area contributed by atoms with E-state index in [9.17, 15) is 9.18 Å². The fourth-order valence-corrected chi connectivity index (χ4v) is 2.70. The Labute approximate surface area is 140 Å². The van der Waals surface area contributed by atoms with Crippen molar-refractivity contribution in [3.05, 3.63) is 59.9 Å². The van der Waals surface area contributed by atoms with Gasteiger partial charge < -0.3 is 10.2 Å². The number of pyridine rings is 1. The van der Waals surface area contributed by atoms with E-state index >= 15 is 0 Å². The quantitative estimate of drug-likeness (QED) is 0.863. The lowest BCUT2D eigenvalue weighted by Gasteiger charge is -2.19. The second-order valence-corrected chi connectivity index (χ2v) is 5.73. The summed E-state index contributed by atoms with van der Waals surface area (Å²) in [5.74, 6) is 5.38. The van der Waals surface area contributed by atoms with Gasteiger partial charge in [-0.2, -0.15) is 0 Å². The lowest BCUT2D eigenvalue weighted by Crippen LogP contribution is -2.28. The number of carbonyl (C=O) groups excluding carboxylic acids is 1. The number of amides is 1. The van der Waals surface area contributed by atoms with Crippen LogP contribution in [0.2, 0.25) is 0 Å². The van der Waals surface area contributed by atoms with Crippen molar-refractivity contribution in [1.29, 1.82) is 0 Å². The SMILES string of the molecule is CNC(=O)c1cccc(N2CCC(F)(C#Cc3ccccn3)C2)c1. The van der Waals surface area contributed by atoms with E-state index in [0.29, 0.717) is 24.2 Å². The Morgan fingerprint density at radius 3 is 2.96 bits per heavy atom. The van der Waals surface area contributed by atoms with Crippen molar-refractivity contribution in [2.75, 3.05) is 25.0 Å². The molecule has 122 valence electrons. The molecule has 4 nitrogen and oxygen atoms in total. The molecule has 0 radical (unpaired) electrons. The number of benzene rings is 1. The van der Waals surface area contributed by atoms with Crippen molar-refractivity contribution >= 4 is 11.6 Å². The summed E-state index contributed by atoms with van der Waals surface area (Å²) < 4.78 is 14.9. The van der Waals surface area contributed by atoms with E-state index in [2.05, 4.69) is 22.1 Å². The molecule has 0 bridgehead atoms. The molecule has 2 heterocycles. The zero-order valence-electron chi connectivity index (χ0n) is 13.4. The first-order chi connectivity index (χ1) is 11.6. The molecule has 3 rings (SSSR count). The number of hydrogen-bond acceptors (Lipinski definition) is 3. The molecule has 1 aromatic heterocycles. The molecule has 0 spiro atoms. The third-order valence-corrected chi connectivity index (χ3v) is 4.00. The van der Waals surface area contributed by atoms with E-state index in [1.807, 2.05) is 17.0 Å². The van der Waals surface area contributed by atoms with Gasteiger partial charge in [0.15, 0.2) is 5.67 Å². The van der Waals surface area contributed by atoms with Gasteiger partial charge in [-0.3, -0.25) is 4.79 Å². The van der Waals surface area contributed by atoms with Gasteiger partial charge in [-0.15, -0.1) is 0 Å². The first kappa shape index (κ1) is 16.0. The average molecular weight is 323 g/mol. The summed E-state index contributed by atoms with van der Waals surface area (Å²) in [4.78, 5) is 17.7. The van der Waals surface area contributed by atoms with Gasteiger partial charge >= 0.3 is 0 Å². The first-order valence-corrected chi connectivity index (χ1v) is 7.80. The minimum atomic E-state index is -1.57. The third kappa shape index (κ3) is 3.54. The Morgan fingerprint density at radius 1 is 1.33 bits per heavy atom. The van der Waals surface area contributed by atoms with Crippen LogP contribution in [0.1, 0.15) is 22.5 Å². The van der Waals surface area contributed by atoms with Crippen LogP contribution in [0.5, 0.6) is 0 Å². The summed E-state index contributed by atoms with van der Waals surface area (Å²) in [6.07, 6.45) is 1.97. The minimum absolute atomic E-state index is 0.155. The lowest BCUT2D eigenvalue weighted by molar-refractivity contribution is 0.0963. The summed E-state index contributed by atoms with van der Waals surface area (Å²) in [5.41, 5.74) is 0.386. The Bertz CT molecular complexity index is 797. The van der Waals surface area contributed by atoms with Crippen LogP contribution >= 0.6 is 0 Å². The van der Waals surface area contributed by atoms with Crippen molar-refractivity contribution in [1.82, 2.24) is 10.3 Å². The zero-order valence-corrected chi connectivity index (χ0v) is 13.4. The third-order valence-electron chi connectivity index (χ3n) is 4.00. The predicted octanol–water partition coefficient (Wildman–Crippen LogP) is 2.41. The zero-order chi connectivity index (χ0) is 17.0. The van der Waals surface area contributed by atoms with Gasteiger partial charge in [-0.05, 0) is 36.3 Å². The second-order valence-electron chi connectivity index (χ2n) is 5.73. The van der Waals surface area contributed by atoms with Crippen LogP contribution in [-0.2, 0) is 0 Å². The molecule has 24 heavy (non-hydrogen) atoms. The molecule has 1 fully saturated rings. The first-order valence-electron chi connectivity index (χ1n) is 7.80. The maximum absolute atomic E-state index is 14.9. The highest BCUT2D eigenvalue weighted by molar-refractivity contribution is 5.94. The Kier molecular flexibility index (Phi) is 4.48. The van der Waals surface area contributed by atoms with E-state index in [1.165, 1.54) is 0 Å². The van der Waals surface area contributed by atoms with Crippen molar-refractivity contribution in [3.63, 3.8) is 0 Å². The highest BCUT2D eigenvalue weighted by atomic mass is 19.1. The summed E-state index contributed by atoms with van der Waals surface area (Å²) in [5, 5.41) is 2.59. The Morgan fingerprint density at radius 2 is 2.21 bits per heavy atom. The van der Waals surface area contributed by atoms with Crippen molar-refractivity contribution < 1.29 is 9.18 Å². The van der Waals surface area contributed by atoms with Crippen LogP contribution < -0.4 is 10.2 Å². The lowest BCUT2D eigenvalue weighted by atomic mass is 10.1. The minimum Gasteiger partial charge on any atom is -0.367 e. The molecular formula is C19H18FN3O. The predicted molar refractivity (Wildman–Crippen MR) is 91.6 cm³/mol. The maximum Gasteiger partial charge on any atom is 0.251 e. The number of carbonyl (C=O) groups is 1. The number of alkyl halides is 1. The summed E-state index contributed by atoms with van der Waals surface area (Å²) in [7, 11) is 1.59. The van der Waals surface area contributed by atoms with E-state index in [4.69, 9.17) is 0 Å². The van der Waals surface area contributed by atoms with Gasteiger partial charge in [0.25, 0.3) is 5.91 Å². The molecule has 1 N–H and O–H groups in total. The number of aromatic nitrogens is 1. The van der Waals surface area contributed by atoms with Gasteiger partial charge in [0, 0.05) is 37.5 Å². The van der Waals surface area contributed by atoms with Crippen molar-refractivity contribution in [2.45, 2.75) is 12.1 Å². The second kappa shape index (κ2) is 6.71. The van der Waals surface area contributed by atoms with Crippen LogP contribution in [0.3, 0.4) is 0 Å². The van der Waals surface area contributed by atoms with Crippen LogP contribution in [0.25, 0.3) is 0 Å². The van der Waals surface area contributed by atoms with Gasteiger partial charge in [0.1, 0.15) is 5.69 Å². The summed E-state index contributed by atoms with van der Waals surface area (Å²) in [6.45, 7) is 0.745. The Balaban J connectivity index is 1.75. The molecule has 5 heteroatoms. The van der Waals surface area contributed by atoms with Crippen molar-refractivity contribution in [2.24, 2.45) is 0 Å². The highest BCUT2D eigenvalue weighted by Gasteiger charge is 2.37. The molecule has 1 amide bonds. The number of nitrogens with zero attached hydrogens (tertiary/aromatic N) is 2. The van der Waals surface area contributed by atoms with Crippen molar-refractivity contribution in [3.8, 4) is 11.8 Å². The molecule has 1 unspecified atom stereocenters. The summed E-state index contributed by atoms with van der Waals surface area (Å²) in [6, 6.07) is 12.6. The maximum atomic E-state index is 14.9. The van der Waals surface area contributed by atoms with Gasteiger partial charge in [0.2, 0.25) is 0 Å². The molecule has 1 aromatic carbocycles. The standard InChI is InChI=1S/C19H18FN3O/c1-21-18(24)15-5-4-7-17(13-15)23-12-10-19(20,14-23)9-8-16-6-2-3-11-22-16/h2-7,11,13H,10,12,14H2,1H3,(H,21,24). The van der Waals surface area contributed by atoms with Crippen LogP contribution in [-0.4, -0.2) is 36.7 Å². The highest BCUT2D eigenvalue weighted by Crippen LogP contribution is 2.29. The van der Waals surface area contributed by atoms with Gasteiger partial charge in [-0.25, -0.2) is 9.37 Å². The fraction of sp³-hybridized carbons (Fsp3) is 0.263. The van der Waals surface area contributed by atoms with Crippen LogP contribution in [0.15, 0.2) is 48.7 Å². The molecular weight excluding hydrogens is 305 g/mol. The fourth-order valence-electron chi connectivity index (χ4n) is 2.70. The topological polar surface area (TPSA) is 45.2 Å². The average Bonchev–Trinajstić information content (AvgIpc) is 3.03. The summed E-state index contributed by atoms with van der Waals surface area (Å²) >= 11 is 0. The molecule has 0 saturated carbocycles. The van der Waals surface area contributed by atoms with Gasteiger partial charge in [-0.1, -0.05) is 18.1 Å².